The van der Waals surface area contributed by atoms with E-state index in [0.29, 0.717) is 0 Å². The lowest BCUT2D eigenvalue weighted by molar-refractivity contribution is -0.0791. The molecule has 2 atom stereocenters. The van der Waals surface area contributed by atoms with Crippen LogP contribution >= 0.6 is 0 Å². The maximum atomic E-state index is 6.13. The highest BCUT2D eigenvalue weighted by molar-refractivity contribution is 4.98. The van der Waals surface area contributed by atoms with Gasteiger partial charge >= 0.3 is 0 Å². The second-order valence-electron chi connectivity index (χ2n) is 6.03. The number of nitrogens with one attached hydrogen (secondary N) is 1. The topological polar surface area (TPSA) is 21.3 Å². The van der Waals surface area contributed by atoms with E-state index in [1.165, 1.54) is 25.9 Å². The van der Waals surface area contributed by atoms with Crippen molar-refractivity contribution >= 4 is 0 Å². The SMILES string of the molecule is CC1(C)CC(C2CCNC2)C(C)(C)O1. The minimum atomic E-state index is 0.0696. The second kappa shape index (κ2) is 3.21. The summed E-state index contributed by atoms with van der Waals surface area (Å²) in [5.74, 6) is 1.55. The van der Waals surface area contributed by atoms with Gasteiger partial charge in [0.05, 0.1) is 11.2 Å². The summed E-state index contributed by atoms with van der Waals surface area (Å²) in [4.78, 5) is 0. The molecule has 14 heavy (non-hydrogen) atoms. The fourth-order valence-corrected chi connectivity index (χ4v) is 3.36. The first-order chi connectivity index (χ1) is 6.41. The smallest absolute Gasteiger partial charge is 0.0666 e. The Balaban J connectivity index is 2.11. The molecule has 2 heterocycles. The van der Waals surface area contributed by atoms with Gasteiger partial charge in [0.25, 0.3) is 0 Å². The van der Waals surface area contributed by atoms with Crippen LogP contribution in [-0.2, 0) is 4.74 Å². The molecule has 0 aromatic carbocycles. The Kier molecular flexibility index (Phi) is 2.39. The van der Waals surface area contributed by atoms with Crippen LogP contribution in [0.25, 0.3) is 0 Å². The van der Waals surface area contributed by atoms with E-state index in [0.717, 1.165) is 11.8 Å². The van der Waals surface area contributed by atoms with E-state index >= 15 is 0 Å². The van der Waals surface area contributed by atoms with Gasteiger partial charge in [-0.25, -0.2) is 0 Å². The molecule has 0 aliphatic carbocycles. The van der Waals surface area contributed by atoms with Crippen molar-refractivity contribution in [3.05, 3.63) is 0 Å². The molecule has 0 spiro atoms. The molecule has 0 radical (unpaired) electrons. The molecule has 0 bridgehead atoms. The zero-order valence-electron chi connectivity index (χ0n) is 9.89. The Bertz CT molecular complexity index is 216. The molecule has 2 rings (SSSR count). The Morgan fingerprint density at radius 2 is 1.93 bits per heavy atom. The lowest BCUT2D eigenvalue weighted by Crippen LogP contribution is -2.34. The van der Waals surface area contributed by atoms with E-state index in [1.807, 2.05) is 0 Å². The summed E-state index contributed by atoms with van der Waals surface area (Å²) in [5.41, 5.74) is 0.150. The molecule has 0 saturated carbocycles. The fourth-order valence-electron chi connectivity index (χ4n) is 3.36. The van der Waals surface area contributed by atoms with Crippen molar-refractivity contribution in [1.82, 2.24) is 5.32 Å². The molecular formula is C12H23NO. The fraction of sp³-hybridized carbons (Fsp3) is 1.00. The number of hydrogen-bond acceptors (Lipinski definition) is 2. The molecule has 2 unspecified atom stereocenters. The Morgan fingerprint density at radius 3 is 2.36 bits per heavy atom. The predicted molar refractivity (Wildman–Crippen MR) is 58.3 cm³/mol. The first-order valence-electron chi connectivity index (χ1n) is 5.82. The number of ether oxygens (including phenoxy) is 1. The Morgan fingerprint density at radius 1 is 1.21 bits per heavy atom. The van der Waals surface area contributed by atoms with Crippen LogP contribution < -0.4 is 5.32 Å². The van der Waals surface area contributed by atoms with E-state index < -0.39 is 0 Å². The van der Waals surface area contributed by atoms with Crippen LogP contribution in [0.5, 0.6) is 0 Å². The van der Waals surface area contributed by atoms with Crippen molar-refractivity contribution in [3.63, 3.8) is 0 Å². The van der Waals surface area contributed by atoms with Crippen LogP contribution in [0.15, 0.2) is 0 Å². The molecule has 1 N–H and O–H groups in total. The molecule has 2 heteroatoms. The summed E-state index contributed by atoms with van der Waals surface area (Å²) in [6.07, 6.45) is 2.54. The van der Waals surface area contributed by atoms with Crippen LogP contribution in [0, 0.1) is 11.8 Å². The third-order valence-electron chi connectivity index (χ3n) is 3.81. The van der Waals surface area contributed by atoms with Gasteiger partial charge in [-0.2, -0.15) is 0 Å². The molecule has 2 aliphatic heterocycles. The average Bonchev–Trinajstić information content (AvgIpc) is 2.54. The van der Waals surface area contributed by atoms with Gasteiger partial charge in [0.15, 0.2) is 0 Å². The minimum Gasteiger partial charge on any atom is -0.369 e. The highest BCUT2D eigenvalue weighted by Crippen LogP contribution is 2.46. The highest BCUT2D eigenvalue weighted by atomic mass is 16.5. The van der Waals surface area contributed by atoms with Gasteiger partial charge in [-0.05, 0) is 65.5 Å². The molecule has 0 aromatic heterocycles. The summed E-state index contributed by atoms with van der Waals surface area (Å²) in [6, 6.07) is 0. The predicted octanol–water partition coefficient (Wildman–Crippen LogP) is 2.19. The van der Waals surface area contributed by atoms with E-state index in [4.69, 9.17) is 4.74 Å². The van der Waals surface area contributed by atoms with E-state index in [-0.39, 0.29) is 11.2 Å². The first-order valence-corrected chi connectivity index (χ1v) is 5.82. The van der Waals surface area contributed by atoms with Gasteiger partial charge in [-0.15, -0.1) is 0 Å². The van der Waals surface area contributed by atoms with Gasteiger partial charge in [0.2, 0.25) is 0 Å². The van der Waals surface area contributed by atoms with Crippen LogP contribution in [0.3, 0.4) is 0 Å². The zero-order valence-corrected chi connectivity index (χ0v) is 9.89. The number of hydrogen-bond donors (Lipinski definition) is 1. The minimum absolute atomic E-state index is 0.0696. The molecule has 0 amide bonds. The molecular weight excluding hydrogens is 174 g/mol. The van der Waals surface area contributed by atoms with Crippen LogP contribution in [0.4, 0.5) is 0 Å². The van der Waals surface area contributed by atoms with Crippen molar-refractivity contribution in [2.45, 2.75) is 51.7 Å². The molecule has 2 nitrogen and oxygen atoms in total. The summed E-state index contributed by atoms with van der Waals surface area (Å²) in [7, 11) is 0. The standard InChI is InChI=1S/C12H23NO/c1-11(2)7-10(12(3,4)14-11)9-5-6-13-8-9/h9-10,13H,5-8H2,1-4H3. The maximum absolute atomic E-state index is 6.13. The molecule has 2 aliphatic rings. The summed E-state index contributed by atoms with van der Waals surface area (Å²) >= 11 is 0. The molecule has 2 fully saturated rings. The van der Waals surface area contributed by atoms with Gasteiger partial charge in [-0.1, -0.05) is 0 Å². The Labute approximate surface area is 87.4 Å². The third kappa shape index (κ3) is 1.82. The maximum Gasteiger partial charge on any atom is 0.0666 e. The summed E-state index contributed by atoms with van der Waals surface area (Å²) in [6.45, 7) is 11.3. The molecule has 2 saturated heterocycles. The van der Waals surface area contributed by atoms with Crippen molar-refractivity contribution in [3.8, 4) is 0 Å². The van der Waals surface area contributed by atoms with Crippen molar-refractivity contribution < 1.29 is 4.74 Å². The van der Waals surface area contributed by atoms with Gasteiger partial charge < -0.3 is 10.1 Å². The quantitative estimate of drug-likeness (QED) is 0.696. The van der Waals surface area contributed by atoms with Gasteiger partial charge in [-0.3, -0.25) is 0 Å². The van der Waals surface area contributed by atoms with Crippen LogP contribution in [-0.4, -0.2) is 24.3 Å². The summed E-state index contributed by atoms with van der Waals surface area (Å²) < 4.78 is 6.13. The first kappa shape index (κ1) is 10.4. The highest BCUT2D eigenvalue weighted by Gasteiger charge is 2.49. The van der Waals surface area contributed by atoms with Gasteiger partial charge in [0, 0.05) is 0 Å². The van der Waals surface area contributed by atoms with E-state index in [9.17, 15) is 0 Å². The van der Waals surface area contributed by atoms with Crippen LogP contribution in [0.2, 0.25) is 0 Å². The summed E-state index contributed by atoms with van der Waals surface area (Å²) in [5, 5.41) is 3.46. The average molecular weight is 197 g/mol. The largest absolute Gasteiger partial charge is 0.369 e. The lowest BCUT2D eigenvalue weighted by atomic mass is 9.77. The van der Waals surface area contributed by atoms with Crippen molar-refractivity contribution in [1.29, 1.82) is 0 Å². The number of rotatable bonds is 1. The molecule has 0 aromatic rings. The van der Waals surface area contributed by atoms with Crippen molar-refractivity contribution in [2.75, 3.05) is 13.1 Å². The van der Waals surface area contributed by atoms with E-state index in [1.54, 1.807) is 0 Å². The zero-order chi connectivity index (χ0) is 10.4. The third-order valence-corrected chi connectivity index (χ3v) is 3.81. The van der Waals surface area contributed by atoms with Crippen molar-refractivity contribution in [2.24, 2.45) is 11.8 Å². The molecule has 82 valence electrons. The lowest BCUT2D eigenvalue weighted by Gasteiger charge is -2.30. The normalized spacial score (nSPS) is 40.3. The van der Waals surface area contributed by atoms with E-state index in [2.05, 4.69) is 33.0 Å². The van der Waals surface area contributed by atoms with Gasteiger partial charge in [0.1, 0.15) is 0 Å². The Hall–Kier alpha value is -0.0800. The monoisotopic (exact) mass is 197 g/mol. The second-order valence-corrected chi connectivity index (χ2v) is 6.03. The van der Waals surface area contributed by atoms with Crippen LogP contribution in [0.1, 0.15) is 40.5 Å².